The minimum atomic E-state index is -3.27. The summed E-state index contributed by atoms with van der Waals surface area (Å²) in [5, 5.41) is 0. The monoisotopic (exact) mass is 428 g/mol. The normalized spacial score (nSPS) is 11.8. The molecule has 0 N–H and O–H groups in total. The van der Waals surface area contributed by atoms with Crippen LogP contribution in [0.3, 0.4) is 0 Å². The van der Waals surface area contributed by atoms with Crippen LogP contribution in [0.15, 0.2) is 65.7 Å². The van der Waals surface area contributed by atoms with E-state index >= 15 is 0 Å². The van der Waals surface area contributed by atoms with Gasteiger partial charge in [0.2, 0.25) is 5.95 Å². The Hall–Kier alpha value is -2.61. The zero-order chi connectivity index (χ0) is 22.4. The van der Waals surface area contributed by atoms with E-state index in [0.29, 0.717) is 18.7 Å². The van der Waals surface area contributed by atoms with Gasteiger partial charge in [-0.05, 0) is 45.0 Å². The minimum Gasteiger partial charge on any atom is -0.297 e. The van der Waals surface area contributed by atoms with Crippen LogP contribution in [0, 0.1) is 5.95 Å². The lowest BCUT2D eigenvalue weighted by Gasteiger charge is -2.09. The zero-order valence-corrected chi connectivity index (χ0v) is 18.1. The number of benzene rings is 1. The predicted molar refractivity (Wildman–Crippen MR) is 113 cm³/mol. The van der Waals surface area contributed by atoms with Crippen molar-refractivity contribution >= 4 is 15.4 Å². The number of halogens is 3. The second-order valence-electron chi connectivity index (χ2n) is 5.44. The third-order valence-corrected chi connectivity index (χ3v) is 4.42. The van der Waals surface area contributed by atoms with E-state index in [1.165, 1.54) is 25.3 Å². The largest absolute Gasteiger partial charge is 0.297 e. The standard InChI is InChI=1S/C18H19FN2O2S.C2H5F.CH3F/c1-4-6-8-14(7-5-2)18-20-17(19)13-21(18)15-9-11-16(12-10-15)24(3,22)23;1-2-3;1-2/h4-13H,1-3H3;2H2,1H3;1H3/b6-4-,7-5+,14-8+;;. The van der Waals surface area contributed by atoms with Gasteiger partial charge in [0.05, 0.1) is 24.9 Å². The SMILES string of the molecule is CCF.CF.C\C=C/C=C(\C=C\C)c1nc(F)cn1-c1ccc(S(C)(=O)=O)cc1. The Morgan fingerprint density at radius 3 is 2.14 bits per heavy atom. The van der Waals surface area contributed by atoms with E-state index in [9.17, 15) is 21.6 Å². The molecule has 1 aromatic heterocycles. The molecule has 0 spiro atoms. The topological polar surface area (TPSA) is 52.0 Å². The van der Waals surface area contributed by atoms with E-state index in [0.717, 1.165) is 11.8 Å². The van der Waals surface area contributed by atoms with Gasteiger partial charge in [0.1, 0.15) is 5.82 Å². The first-order valence-corrected chi connectivity index (χ1v) is 10.6. The molecule has 8 heteroatoms. The maximum atomic E-state index is 13.8. The number of hydrogen-bond acceptors (Lipinski definition) is 3. The van der Waals surface area contributed by atoms with Gasteiger partial charge in [-0.25, -0.2) is 8.42 Å². The molecule has 0 radical (unpaired) electrons. The highest BCUT2D eigenvalue weighted by atomic mass is 32.2. The second kappa shape index (κ2) is 13.5. The van der Waals surface area contributed by atoms with Crippen molar-refractivity contribution < 1.29 is 21.6 Å². The van der Waals surface area contributed by atoms with E-state index in [2.05, 4.69) is 4.98 Å². The van der Waals surface area contributed by atoms with Crippen molar-refractivity contribution in [3.8, 4) is 5.69 Å². The van der Waals surface area contributed by atoms with E-state index in [1.807, 2.05) is 44.2 Å². The Morgan fingerprint density at radius 2 is 1.69 bits per heavy atom. The van der Waals surface area contributed by atoms with Crippen LogP contribution in [0.2, 0.25) is 0 Å². The summed E-state index contributed by atoms with van der Waals surface area (Å²) < 4.78 is 58.3. The average Bonchev–Trinajstić information content (AvgIpc) is 3.08. The van der Waals surface area contributed by atoms with Crippen molar-refractivity contribution in [2.75, 3.05) is 20.1 Å². The number of imidazole rings is 1. The predicted octanol–water partition coefficient (Wildman–Crippen LogP) is 5.51. The lowest BCUT2D eigenvalue weighted by atomic mass is 10.2. The fourth-order valence-corrected chi connectivity index (χ4v) is 2.82. The summed E-state index contributed by atoms with van der Waals surface area (Å²) in [5.41, 5.74) is 1.37. The molecular weight excluding hydrogens is 401 g/mol. The maximum absolute atomic E-state index is 13.8. The van der Waals surface area contributed by atoms with E-state index < -0.39 is 15.8 Å². The molecule has 1 aromatic carbocycles. The van der Waals surface area contributed by atoms with Gasteiger partial charge >= 0.3 is 0 Å². The van der Waals surface area contributed by atoms with Crippen LogP contribution in [0.5, 0.6) is 0 Å². The number of allylic oxidation sites excluding steroid dienone is 6. The first-order chi connectivity index (χ1) is 13.8. The Bertz CT molecular complexity index is 929. The van der Waals surface area contributed by atoms with Gasteiger partial charge in [-0.15, -0.1) is 0 Å². The van der Waals surface area contributed by atoms with Gasteiger partial charge in [0.25, 0.3) is 0 Å². The minimum absolute atomic E-state index is 0.214. The molecule has 29 heavy (non-hydrogen) atoms. The molecule has 0 amide bonds. The summed E-state index contributed by atoms with van der Waals surface area (Å²) in [6.45, 7) is 4.97. The van der Waals surface area contributed by atoms with Crippen LogP contribution >= 0.6 is 0 Å². The number of rotatable bonds is 5. The first kappa shape index (κ1) is 26.4. The van der Waals surface area contributed by atoms with Gasteiger partial charge in [0.15, 0.2) is 9.84 Å². The maximum Gasteiger partial charge on any atom is 0.231 e. The Labute approximate surface area is 171 Å². The summed E-state index contributed by atoms with van der Waals surface area (Å²) in [7, 11) is -2.77. The van der Waals surface area contributed by atoms with Crippen LogP contribution in [0.4, 0.5) is 13.2 Å². The molecule has 2 rings (SSSR count). The molecular formula is C21H27F3N2O2S. The number of hydrogen-bond donors (Lipinski definition) is 0. The summed E-state index contributed by atoms with van der Waals surface area (Å²) in [5.74, 6) is -0.163. The first-order valence-electron chi connectivity index (χ1n) is 8.73. The van der Waals surface area contributed by atoms with Gasteiger partial charge in [-0.1, -0.05) is 30.4 Å². The van der Waals surface area contributed by atoms with E-state index in [4.69, 9.17) is 0 Å². The average molecular weight is 429 g/mol. The zero-order valence-electron chi connectivity index (χ0n) is 17.2. The molecule has 0 fully saturated rings. The third kappa shape index (κ3) is 8.51. The second-order valence-corrected chi connectivity index (χ2v) is 7.45. The lowest BCUT2D eigenvalue weighted by Crippen LogP contribution is -2.01. The Kier molecular flexibility index (Phi) is 12.3. The van der Waals surface area contributed by atoms with Crippen molar-refractivity contribution in [1.82, 2.24) is 9.55 Å². The number of alkyl halides is 2. The molecule has 4 nitrogen and oxygen atoms in total. The van der Waals surface area contributed by atoms with Gasteiger partial charge in [0, 0.05) is 17.5 Å². The molecule has 160 valence electrons. The van der Waals surface area contributed by atoms with Gasteiger partial charge < -0.3 is 0 Å². The van der Waals surface area contributed by atoms with Crippen LogP contribution in [0.25, 0.3) is 11.3 Å². The number of sulfone groups is 1. The molecule has 0 bridgehead atoms. The fraction of sp³-hybridized carbons (Fsp3) is 0.286. The highest BCUT2D eigenvalue weighted by molar-refractivity contribution is 7.90. The van der Waals surface area contributed by atoms with Crippen LogP contribution in [-0.4, -0.2) is 38.1 Å². The fourth-order valence-electron chi connectivity index (χ4n) is 2.19. The Balaban J connectivity index is 0.00000143. The molecule has 0 unspecified atom stereocenters. The molecule has 1 heterocycles. The van der Waals surface area contributed by atoms with Crippen molar-refractivity contribution in [2.45, 2.75) is 25.7 Å². The summed E-state index contributed by atoms with van der Waals surface area (Å²) in [4.78, 5) is 4.17. The van der Waals surface area contributed by atoms with E-state index in [-0.39, 0.29) is 11.6 Å². The van der Waals surface area contributed by atoms with Gasteiger partial charge in [-0.2, -0.15) is 9.37 Å². The molecule has 0 aliphatic rings. The molecule has 0 atom stereocenters. The van der Waals surface area contributed by atoms with Crippen LogP contribution in [-0.2, 0) is 9.84 Å². The molecule has 0 aliphatic carbocycles. The van der Waals surface area contributed by atoms with Crippen molar-refractivity contribution in [3.05, 3.63) is 72.6 Å². The van der Waals surface area contributed by atoms with Gasteiger partial charge in [-0.3, -0.25) is 13.3 Å². The van der Waals surface area contributed by atoms with E-state index in [1.54, 1.807) is 16.7 Å². The Morgan fingerprint density at radius 1 is 1.14 bits per heavy atom. The number of nitrogens with zero attached hydrogens (tertiary/aromatic N) is 2. The lowest BCUT2D eigenvalue weighted by molar-refractivity contribution is 0.527. The summed E-state index contributed by atoms with van der Waals surface area (Å²) in [6, 6.07) is 6.25. The van der Waals surface area contributed by atoms with Crippen molar-refractivity contribution in [2.24, 2.45) is 0 Å². The molecule has 0 aliphatic heterocycles. The highest BCUT2D eigenvalue weighted by Gasteiger charge is 2.13. The summed E-state index contributed by atoms with van der Waals surface area (Å²) >= 11 is 0. The quantitative estimate of drug-likeness (QED) is 0.590. The molecule has 2 aromatic rings. The smallest absolute Gasteiger partial charge is 0.231 e. The summed E-state index contributed by atoms with van der Waals surface area (Å²) in [6.07, 6.45) is 11.7. The molecule has 0 saturated carbocycles. The number of aromatic nitrogens is 2. The van der Waals surface area contributed by atoms with Crippen molar-refractivity contribution in [3.63, 3.8) is 0 Å². The third-order valence-electron chi connectivity index (χ3n) is 3.29. The molecule has 0 saturated heterocycles. The van der Waals surface area contributed by atoms with Crippen LogP contribution < -0.4 is 0 Å². The van der Waals surface area contributed by atoms with Crippen molar-refractivity contribution in [1.29, 1.82) is 0 Å². The van der Waals surface area contributed by atoms with Crippen LogP contribution in [0.1, 0.15) is 26.6 Å². The highest BCUT2D eigenvalue weighted by Crippen LogP contribution is 2.22.